The third kappa shape index (κ3) is 9.69. The second-order valence-electron chi connectivity index (χ2n) is 17.3. The quantitative estimate of drug-likeness (QED) is 0.0875. The van der Waals surface area contributed by atoms with E-state index in [2.05, 4.69) is 53.1 Å². The first-order chi connectivity index (χ1) is 22.7. The van der Waals surface area contributed by atoms with E-state index in [1.165, 1.54) is 58.0 Å². The number of hydrogen-bond donors (Lipinski definition) is 1. The van der Waals surface area contributed by atoms with E-state index >= 15 is 0 Å². The zero-order valence-corrected chi connectivity index (χ0v) is 33.1. The van der Waals surface area contributed by atoms with E-state index < -0.39 is 7.60 Å². The Balaban J connectivity index is 1.27. The highest BCUT2D eigenvalue weighted by atomic mass is 31.2. The SMILES string of the molecule is CCOP(C)(=O)OCC[N+](C)(CCNC(=O)OC1CCC2(C)C(=CCC3C2CCC2(C)C(C(C)CCCC(C)C)CCC32)C1)CCOC. The van der Waals surface area contributed by atoms with Crippen LogP contribution in [0.1, 0.15) is 112 Å². The number of ether oxygens (including phenoxy) is 2. The molecule has 4 aliphatic rings. The highest BCUT2D eigenvalue weighted by Gasteiger charge is 2.59. The minimum absolute atomic E-state index is 0.0580. The van der Waals surface area contributed by atoms with Gasteiger partial charge in [0.2, 0.25) is 0 Å². The van der Waals surface area contributed by atoms with Crippen LogP contribution >= 0.6 is 7.60 Å². The van der Waals surface area contributed by atoms with E-state index in [1.54, 1.807) is 12.7 Å². The van der Waals surface area contributed by atoms with Gasteiger partial charge in [-0.1, -0.05) is 65.5 Å². The number of nitrogens with zero attached hydrogens (tertiary/aromatic N) is 1. The number of alkyl carbamates (subject to hydrolysis) is 1. The maximum absolute atomic E-state index is 13.0. The normalized spacial score (nSPS) is 34.6. The molecular weight excluding hydrogens is 623 g/mol. The number of likely N-dealkylation sites (N-methyl/N-ethyl adjacent to an activating group) is 1. The predicted molar refractivity (Wildman–Crippen MR) is 195 cm³/mol. The van der Waals surface area contributed by atoms with Gasteiger partial charge in [-0.3, -0.25) is 4.57 Å². The van der Waals surface area contributed by atoms with Gasteiger partial charge in [-0.25, -0.2) is 4.79 Å². The Hall–Kier alpha value is -0.920. The van der Waals surface area contributed by atoms with Crippen LogP contribution in [0.2, 0.25) is 0 Å². The monoisotopic (exact) mass is 696 g/mol. The van der Waals surface area contributed by atoms with Crippen molar-refractivity contribution in [3.63, 3.8) is 0 Å². The van der Waals surface area contributed by atoms with Gasteiger partial charge >= 0.3 is 13.7 Å². The molecule has 9 heteroatoms. The van der Waals surface area contributed by atoms with E-state index in [-0.39, 0.29) is 17.6 Å². The van der Waals surface area contributed by atoms with Gasteiger partial charge in [0.1, 0.15) is 25.8 Å². The molecule has 0 aliphatic heterocycles. The summed E-state index contributed by atoms with van der Waals surface area (Å²) < 4.78 is 35.2. The Labute approximate surface area is 293 Å². The van der Waals surface area contributed by atoms with Crippen LogP contribution in [0.3, 0.4) is 0 Å². The predicted octanol–water partition coefficient (Wildman–Crippen LogP) is 9.09. The number of carbonyl (C=O) groups is 1. The van der Waals surface area contributed by atoms with Crippen molar-refractivity contribution in [3.8, 4) is 0 Å². The fraction of sp³-hybridized carbons (Fsp3) is 0.923. The smallest absolute Gasteiger partial charge is 0.407 e. The van der Waals surface area contributed by atoms with Crippen molar-refractivity contribution >= 4 is 13.7 Å². The average Bonchev–Trinajstić information content (AvgIpc) is 3.37. The van der Waals surface area contributed by atoms with Gasteiger partial charge in [0.05, 0.1) is 33.4 Å². The van der Waals surface area contributed by atoms with E-state index in [1.807, 2.05) is 6.92 Å². The zero-order chi connectivity index (χ0) is 35.2. The maximum Gasteiger partial charge on any atom is 0.407 e. The van der Waals surface area contributed by atoms with Crippen molar-refractivity contribution in [2.75, 3.05) is 66.8 Å². The van der Waals surface area contributed by atoms with Gasteiger partial charge in [0.15, 0.2) is 0 Å². The van der Waals surface area contributed by atoms with E-state index in [0.29, 0.717) is 49.4 Å². The molecule has 278 valence electrons. The minimum atomic E-state index is -3.05. The second kappa shape index (κ2) is 17.1. The molecule has 0 saturated heterocycles. The summed E-state index contributed by atoms with van der Waals surface area (Å²) in [5, 5.41) is 3.02. The number of hydrogen-bond acceptors (Lipinski definition) is 6. The Bertz CT molecular complexity index is 1130. The maximum atomic E-state index is 13.0. The summed E-state index contributed by atoms with van der Waals surface area (Å²) in [7, 11) is 0.750. The fourth-order valence-electron chi connectivity index (χ4n) is 10.7. The highest BCUT2D eigenvalue weighted by molar-refractivity contribution is 7.52. The fourth-order valence-corrected chi connectivity index (χ4v) is 11.7. The van der Waals surface area contributed by atoms with Crippen LogP contribution in [0, 0.1) is 46.3 Å². The lowest BCUT2D eigenvalue weighted by Gasteiger charge is -2.58. The molecule has 4 aliphatic carbocycles. The van der Waals surface area contributed by atoms with Crippen molar-refractivity contribution < 1.29 is 32.4 Å². The first kappa shape index (κ1) is 39.9. The van der Waals surface area contributed by atoms with Crippen LogP contribution in [-0.4, -0.2) is 83.5 Å². The summed E-state index contributed by atoms with van der Waals surface area (Å²) in [6, 6.07) is 0. The molecule has 0 radical (unpaired) electrons. The summed E-state index contributed by atoms with van der Waals surface area (Å²) in [6.45, 7) is 19.7. The Kier molecular flexibility index (Phi) is 14.2. The number of carbonyl (C=O) groups excluding carboxylic acids is 1. The summed E-state index contributed by atoms with van der Waals surface area (Å²) in [6.07, 6.45) is 16.1. The topological polar surface area (TPSA) is 83.1 Å². The Morgan fingerprint density at radius 3 is 2.48 bits per heavy atom. The highest BCUT2D eigenvalue weighted by Crippen LogP contribution is 2.67. The molecule has 8 nitrogen and oxygen atoms in total. The second-order valence-corrected chi connectivity index (χ2v) is 19.4. The Morgan fingerprint density at radius 2 is 1.77 bits per heavy atom. The third-order valence-electron chi connectivity index (χ3n) is 13.6. The number of fused-ring (bicyclic) bond motifs is 5. The van der Waals surface area contributed by atoms with Gasteiger partial charge in [-0.05, 0) is 98.2 Å². The number of methoxy groups -OCH3 is 1. The van der Waals surface area contributed by atoms with Crippen LogP contribution in [0.15, 0.2) is 11.6 Å². The van der Waals surface area contributed by atoms with Crippen molar-refractivity contribution in [3.05, 3.63) is 11.6 Å². The Morgan fingerprint density at radius 1 is 1.02 bits per heavy atom. The summed E-state index contributed by atoms with van der Waals surface area (Å²) in [5.74, 6) is 4.98. The number of allylic oxidation sites excluding steroid dienone is 1. The molecule has 0 bridgehead atoms. The summed E-state index contributed by atoms with van der Waals surface area (Å²) >= 11 is 0. The van der Waals surface area contributed by atoms with Gasteiger partial charge in [-0.2, -0.15) is 0 Å². The minimum Gasteiger partial charge on any atom is -0.446 e. The van der Waals surface area contributed by atoms with Crippen molar-refractivity contribution in [1.82, 2.24) is 5.32 Å². The van der Waals surface area contributed by atoms with Gasteiger partial charge in [0.25, 0.3) is 0 Å². The molecule has 3 fully saturated rings. The average molecular weight is 696 g/mol. The lowest BCUT2D eigenvalue weighted by Crippen LogP contribution is -2.52. The van der Waals surface area contributed by atoms with Crippen LogP contribution < -0.4 is 5.32 Å². The van der Waals surface area contributed by atoms with Crippen molar-refractivity contribution in [2.24, 2.45) is 46.3 Å². The molecule has 0 aromatic heterocycles. The molecule has 1 amide bonds. The molecule has 48 heavy (non-hydrogen) atoms. The molecule has 10 unspecified atom stereocenters. The zero-order valence-electron chi connectivity index (χ0n) is 32.2. The van der Waals surface area contributed by atoms with Gasteiger partial charge in [-0.15, -0.1) is 0 Å². The standard InChI is InChI=1S/C39H71N2O6P/c1-10-45-48(9,43)46-27-25-41(7,24-26-44-8)23-22-40-37(42)47-32-18-20-38(5)31(28-32)14-15-33-35-17-16-34(30(4)13-11-12-29(2)3)39(35,6)21-19-36(33)38/h14,29-30,32-36H,10-13,15-28H2,1-9H3/p+1. The third-order valence-corrected chi connectivity index (χ3v) is 15.0. The van der Waals surface area contributed by atoms with Crippen LogP contribution in [-0.2, 0) is 23.1 Å². The molecule has 0 aromatic rings. The lowest BCUT2D eigenvalue weighted by molar-refractivity contribution is -0.908. The van der Waals surface area contributed by atoms with E-state index in [0.717, 1.165) is 61.3 Å². The van der Waals surface area contributed by atoms with Gasteiger partial charge in [0, 0.05) is 20.2 Å². The molecule has 3 saturated carbocycles. The van der Waals surface area contributed by atoms with Crippen molar-refractivity contribution in [2.45, 2.75) is 118 Å². The number of quaternary nitrogens is 1. The van der Waals surface area contributed by atoms with Crippen LogP contribution in [0.4, 0.5) is 4.79 Å². The molecule has 10 atom stereocenters. The van der Waals surface area contributed by atoms with E-state index in [4.69, 9.17) is 18.5 Å². The van der Waals surface area contributed by atoms with Crippen molar-refractivity contribution in [1.29, 1.82) is 0 Å². The largest absolute Gasteiger partial charge is 0.446 e. The molecule has 1 N–H and O–H groups in total. The van der Waals surface area contributed by atoms with Crippen LogP contribution in [0.5, 0.6) is 0 Å². The molecular formula is C39H72N2O6P+. The summed E-state index contributed by atoms with van der Waals surface area (Å²) in [5.41, 5.74) is 2.30. The molecule has 0 spiro atoms. The number of nitrogens with one attached hydrogen (secondary N) is 1. The van der Waals surface area contributed by atoms with Crippen LogP contribution in [0.25, 0.3) is 0 Å². The number of rotatable bonds is 18. The molecule has 4 rings (SSSR count). The number of amides is 1. The van der Waals surface area contributed by atoms with E-state index in [9.17, 15) is 9.36 Å². The summed E-state index contributed by atoms with van der Waals surface area (Å²) in [4.78, 5) is 13.0. The first-order valence-corrected chi connectivity index (χ1v) is 21.5. The van der Waals surface area contributed by atoms with Gasteiger partial charge < -0.3 is 28.3 Å². The first-order valence-electron chi connectivity index (χ1n) is 19.5. The molecule has 0 heterocycles. The molecule has 0 aromatic carbocycles. The lowest BCUT2D eigenvalue weighted by atomic mass is 9.47.